The molecule has 4 nitrogen and oxygen atoms in total. The Kier molecular flexibility index (Phi) is 5.08. The van der Waals surface area contributed by atoms with Crippen LogP contribution in [-0.2, 0) is 16.0 Å². The van der Waals surface area contributed by atoms with Crippen LogP contribution >= 0.6 is 0 Å². The number of ketones is 1. The first-order chi connectivity index (χ1) is 10.5. The fraction of sp³-hybridized carbons (Fsp3) is 0.412. The van der Waals surface area contributed by atoms with Crippen LogP contribution in [0.3, 0.4) is 0 Å². The lowest BCUT2D eigenvalue weighted by Gasteiger charge is -2.27. The van der Waals surface area contributed by atoms with Gasteiger partial charge in [-0.1, -0.05) is 6.08 Å². The second-order valence-electron chi connectivity index (χ2n) is 5.49. The van der Waals surface area contributed by atoms with Crippen molar-refractivity contribution < 1.29 is 18.7 Å². The molecule has 22 heavy (non-hydrogen) atoms. The summed E-state index contributed by atoms with van der Waals surface area (Å²) in [7, 11) is 0. The summed E-state index contributed by atoms with van der Waals surface area (Å²) in [5.74, 6) is -1.11. The van der Waals surface area contributed by atoms with E-state index in [0.29, 0.717) is 42.7 Å². The van der Waals surface area contributed by atoms with E-state index in [0.717, 1.165) is 0 Å². The van der Waals surface area contributed by atoms with Gasteiger partial charge in [-0.15, -0.1) is 6.58 Å². The van der Waals surface area contributed by atoms with E-state index >= 15 is 0 Å². The highest BCUT2D eigenvalue weighted by Crippen LogP contribution is 2.34. The number of hydrogen-bond donors (Lipinski definition) is 1. The van der Waals surface area contributed by atoms with Crippen LogP contribution in [0.5, 0.6) is 0 Å². The van der Waals surface area contributed by atoms with Crippen molar-refractivity contribution in [3.05, 3.63) is 41.2 Å². The smallest absolute Gasteiger partial charge is 0.221 e. The first-order valence-corrected chi connectivity index (χ1v) is 7.28. The predicted molar refractivity (Wildman–Crippen MR) is 82.6 cm³/mol. The minimum atomic E-state index is -0.406. The summed E-state index contributed by atoms with van der Waals surface area (Å²) in [5.41, 5.74) is 1.84. The Bertz CT molecular complexity index is 625. The van der Waals surface area contributed by atoms with Crippen molar-refractivity contribution >= 4 is 17.4 Å². The first kappa shape index (κ1) is 16.4. The van der Waals surface area contributed by atoms with E-state index in [1.165, 1.54) is 13.0 Å². The zero-order chi connectivity index (χ0) is 16.3. The molecule has 0 saturated heterocycles. The van der Waals surface area contributed by atoms with E-state index in [1.807, 2.05) is 0 Å². The molecule has 0 heterocycles. The standard InChI is InChI=1S/C17H20FNO3/c1-4-7-22-9-12-5-6-13-10(2)14(18)8-15(19-11(3)20)16(13)17(12)21/h4,8,12H,1,5-7,9H2,2-3H3,(H,19,20). The number of rotatable bonds is 5. The molecule has 0 aromatic heterocycles. The van der Waals surface area contributed by atoms with Gasteiger partial charge in [0.2, 0.25) is 5.91 Å². The van der Waals surface area contributed by atoms with Crippen molar-refractivity contribution in [3.8, 4) is 0 Å². The Labute approximate surface area is 129 Å². The Morgan fingerprint density at radius 3 is 2.95 bits per heavy atom. The third-order valence-electron chi connectivity index (χ3n) is 3.88. The molecule has 1 aromatic rings. The number of fused-ring (bicyclic) bond motifs is 1. The quantitative estimate of drug-likeness (QED) is 0.672. The van der Waals surface area contributed by atoms with Gasteiger partial charge in [-0.05, 0) is 37.0 Å². The predicted octanol–water partition coefficient (Wildman–Crippen LogP) is 3.04. The van der Waals surface area contributed by atoms with Gasteiger partial charge in [0.25, 0.3) is 0 Å². The highest BCUT2D eigenvalue weighted by molar-refractivity contribution is 6.08. The van der Waals surface area contributed by atoms with Crippen molar-refractivity contribution in [2.45, 2.75) is 26.7 Å². The number of nitrogens with one attached hydrogen (secondary N) is 1. The summed E-state index contributed by atoms with van der Waals surface area (Å²) in [5, 5.41) is 2.56. The van der Waals surface area contributed by atoms with Crippen molar-refractivity contribution in [3.63, 3.8) is 0 Å². The Morgan fingerprint density at radius 2 is 2.32 bits per heavy atom. The lowest BCUT2D eigenvalue weighted by atomic mass is 9.80. The minimum Gasteiger partial charge on any atom is -0.377 e. The molecule has 0 aliphatic heterocycles. The molecule has 118 valence electrons. The largest absolute Gasteiger partial charge is 0.377 e. The number of halogens is 1. The van der Waals surface area contributed by atoms with Crippen LogP contribution in [0.2, 0.25) is 0 Å². The molecular weight excluding hydrogens is 285 g/mol. The molecule has 1 unspecified atom stereocenters. The first-order valence-electron chi connectivity index (χ1n) is 7.28. The van der Waals surface area contributed by atoms with Crippen LogP contribution in [0.15, 0.2) is 18.7 Å². The Morgan fingerprint density at radius 1 is 1.59 bits per heavy atom. The van der Waals surface area contributed by atoms with Crippen molar-refractivity contribution in [2.75, 3.05) is 18.5 Å². The number of benzene rings is 1. The van der Waals surface area contributed by atoms with Gasteiger partial charge in [-0.2, -0.15) is 0 Å². The molecule has 1 N–H and O–H groups in total. The summed E-state index contributed by atoms with van der Waals surface area (Å²) >= 11 is 0. The topological polar surface area (TPSA) is 55.4 Å². The van der Waals surface area contributed by atoms with Gasteiger partial charge >= 0.3 is 0 Å². The molecule has 0 saturated carbocycles. The average Bonchev–Trinajstić information content (AvgIpc) is 2.45. The van der Waals surface area contributed by atoms with Gasteiger partial charge in [0, 0.05) is 18.4 Å². The molecular formula is C17H20FNO3. The third-order valence-corrected chi connectivity index (χ3v) is 3.88. The van der Waals surface area contributed by atoms with Crippen LogP contribution in [-0.4, -0.2) is 24.9 Å². The molecule has 5 heteroatoms. The second kappa shape index (κ2) is 6.83. The van der Waals surface area contributed by atoms with E-state index < -0.39 is 5.82 Å². The zero-order valence-electron chi connectivity index (χ0n) is 12.9. The maximum Gasteiger partial charge on any atom is 0.221 e. The molecule has 0 radical (unpaired) electrons. The summed E-state index contributed by atoms with van der Waals surface area (Å²) in [4.78, 5) is 24.0. The van der Waals surface area contributed by atoms with Crippen LogP contribution in [0, 0.1) is 18.7 Å². The number of ether oxygens (including phenoxy) is 1. The highest BCUT2D eigenvalue weighted by atomic mass is 19.1. The number of carbonyl (C=O) groups excluding carboxylic acids is 2. The third kappa shape index (κ3) is 3.25. The van der Waals surface area contributed by atoms with E-state index in [4.69, 9.17) is 4.74 Å². The Balaban J connectivity index is 2.38. The summed E-state index contributed by atoms with van der Waals surface area (Å²) < 4.78 is 19.4. The van der Waals surface area contributed by atoms with Crippen molar-refractivity contribution in [2.24, 2.45) is 5.92 Å². The van der Waals surface area contributed by atoms with E-state index in [-0.39, 0.29) is 23.3 Å². The molecule has 1 amide bonds. The molecule has 0 bridgehead atoms. The lowest BCUT2D eigenvalue weighted by molar-refractivity contribution is -0.114. The maximum atomic E-state index is 14.0. The minimum absolute atomic E-state index is 0.0998. The second-order valence-corrected chi connectivity index (χ2v) is 5.49. The highest BCUT2D eigenvalue weighted by Gasteiger charge is 2.32. The molecule has 1 aromatic carbocycles. The van der Waals surface area contributed by atoms with E-state index in [2.05, 4.69) is 11.9 Å². The number of amides is 1. The molecule has 0 spiro atoms. The van der Waals surface area contributed by atoms with Gasteiger partial charge in [-0.25, -0.2) is 4.39 Å². The maximum absolute atomic E-state index is 14.0. The summed E-state index contributed by atoms with van der Waals surface area (Å²) in [6, 6.07) is 1.22. The molecule has 1 aliphatic carbocycles. The number of carbonyl (C=O) groups is 2. The van der Waals surface area contributed by atoms with Crippen molar-refractivity contribution in [1.82, 2.24) is 0 Å². The molecule has 1 aliphatic rings. The van der Waals surface area contributed by atoms with Crippen LogP contribution in [0.4, 0.5) is 10.1 Å². The summed E-state index contributed by atoms with van der Waals surface area (Å²) in [6.45, 7) is 7.26. The lowest BCUT2D eigenvalue weighted by Crippen LogP contribution is -2.29. The van der Waals surface area contributed by atoms with Gasteiger partial charge < -0.3 is 10.1 Å². The van der Waals surface area contributed by atoms with Gasteiger partial charge in [0.05, 0.1) is 18.9 Å². The number of Topliss-reactive ketones (excluding diaryl/α,β-unsaturated/α-hetero) is 1. The fourth-order valence-corrected chi connectivity index (χ4v) is 2.79. The van der Waals surface area contributed by atoms with Crippen molar-refractivity contribution in [1.29, 1.82) is 0 Å². The zero-order valence-corrected chi connectivity index (χ0v) is 12.9. The molecule has 0 fully saturated rings. The van der Waals surface area contributed by atoms with E-state index in [9.17, 15) is 14.0 Å². The molecule has 2 rings (SSSR count). The SMILES string of the molecule is C=CCOCC1CCc2c(C)c(F)cc(NC(C)=O)c2C1=O. The van der Waals surface area contributed by atoms with Gasteiger partial charge in [0.15, 0.2) is 5.78 Å². The number of anilines is 1. The van der Waals surface area contributed by atoms with Gasteiger partial charge in [-0.3, -0.25) is 9.59 Å². The van der Waals surface area contributed by atoms with Crippen LogP contribution in [0.25, 0.3) is 0 Å². The van der Waals surface area contributed by atoms with Crippen LogP contribution < -0.4 is 5.32 Å². The normalized spacial score (nSPS) is 17.0. The average molecular weight is 305 g/mol. The molecule has 1 atom stereocenters. The van der Waals surface area contributed by atoms with E-state index in [1.54, 1.807) is 13.0 Å². The van der Waals surface area contributed by atoms with Crippen LogP contribution in [0.1, 0.15) is 34.8 Å². The van der Waals surface area contributed by atoms with Gasteiger partial charge in [0.1, 0.15) is 5.82 Å². The monoisotopic (exact) mass is 305 g/mol. The number of hydrogen-bond acceptors (Lipinski definition) is 3. The fourth-order valence-electron chi connectivity index (χ4n) is 2.79. The Hall–Kier alpha value is -2.01. The summed E-state index contributed by atoms with van der Waals surface area (Å²) in [6.07, 6.45) is 2.84.